The molecule has 2 nitrogen and oxygen atoms in total. The molecule has 0 aliphatic heterocycles. The first-order valence-corrected chi connectivity index (χ1v) is 7.67. The summed E-state index contributed by atoms with van der Waals surface area (Å²) in [4.78, 5) is 0. The maximum Gasteiger partial charge on any atom is 0.122 e. The molecular weight excluding hydrogens is 234 g/mol. The first-order chi connectivity index (χ1) is 9.19. The Morgan fingerprint density at radius 1 is 1.32 bits per heavy atom. The van der Waals surface area contributed by atoms with E-state index in [2.05, 4.69) is 37.4 Å². The van der Waals surface area contributed by atoms with Crippen molar-refractivity contribution in [1.29, 1.82) is 0 Å². The van der Waals surface area contributed by atoms with Gasteiger partial charge in [-0.1, -0.05) is 30.5 Å². The van der Waals surface area contributed by atoms with Crippen LogP contribution in [0.25, 0.3) is 0 Å². The molecule has 19 heavy (non-hydrogen) atoms. The molecule has 1 atom stereocenters. The predicted molar refractivity (Wildman–Crippen MR) is 80.9 cm³/mol. The average Bonchev–Trinajstić information content (AvgIpc) is 2.85. The van der Waals surface area contributed by atoms with Crippen LogP contribution < -0.4 is 10.1 Å². The van der Waals surface area contributed by atoms with E-state index in [9.17, 15) is 0 Å². The van der Waals surface area contributed by atoms with Gasteiger partial charge < -0.3 is 10.1 Å². The van der Waals surface area contributed by atoms with Crippen molar-refractivity contribution in [2.24, 2.45) is 0 Å². The van der Waals surface area contributed by atoms with Crippen molar-refractivity contribution in [3.8, 4) is 5.75 Å². The zero-order valence-corrected chi connectivity index (χ0v) is 12.5. The average molecular weight is 261 g/mol. The molecule has 1 aliphatic carbocycles. The highest BCUT2D eigenvalue weighted by Gasteiger charge is 2.17. The third-order valence-corrected chi connectivity index (χ3v) is 3.92. The van der Waals surface area contributed by atoms with Gasteiger partial charge in [-0.2, -0.15) is 0 Å². The molecule has 1 aromatic carbocycles. The Hall–Kier alpha value is -1.02. The molecule has 2 heteroatoms. The molecule has 106 valence electrons. The number of hydrogen-bond donors (Lipinski definition) is 1. The van der Waals surface area contributed by atoms with Crippen molar-refractivity contribution in [2.75, 3.05) is 6.61 Å². The maximum absolute atomic E-state index is 5.74. The zero-order chi connectivity index (χ0) is 13.7. The van der Waals surface area contributed by atoms with E-state index in [1.807, 2.05) is 6.92 Å². The lowest BCUT2D eigenvalue weighted by Gasteiger charge is -2.20. The molecule has 0 radical (unpaired) electrons. The highest BCUT2D eigenvalue weighted by atomic mass is 16.5. The predicted octanol–water partition coefficient (Wildman–Crippen LogP) is 3.86. The van der Waals surface area contributed by atoms with Gasteiger partial charge in [-0.3, -0.25) is 0 Å². The Bertz CT molecular complexity index is 396. The first-order valence-electron chi connectivity index (χ1n) is 7.67. The Morgan fingerprint density at radius 3 is 2.74 bits per heavy atom. The summed E-state index contributed by atoms with van der Waals surface area (Å²) in [5.41, 5.74) is 2.64. The second-order valence-electron chi connectivity index (χ2n) is 5.80. The van der Waals surface area contributed by atoms with Gasteiger partial charge in [-0.15, -0.1) is 0 Å². The Balaban J connectivity index is 1.97. The van der Waals surface area contributed by atoms with E-state index in [4.69, 9.17) is 4.74 Å². The lowest BCUT2D eigenvalue weighted by atomic mass is 10.0. The monoisotopic (exact) mass is 261 g/mol. The van der Waals surface area contributed by atoms with Crippen LogP contribution in [-0.2, 0) is 6.42 Å². The lowest BCUT2D eigenvalue weighted by molar-refractivity contribution is 0.334. The van der Waals surface area contributed by atoms with Gasteiger partial charge in [0.05, 0.1) is 6.61 Å². The molecule has 0 heterocycles. The van der Waals surface area contributed by atoms with Crippen molar-refractivity contribution in [3.05, 3.63) is 29.3 Å². The molecule has 1 unspecified atom stereocenters. The number of nitrogens with one attached hydrogen (secondary N) is 1. The van der Waals surface area contributed by atoms with Gasteiger partial charge in [0, 0.05) is 12.1 Å². The minimum absolute atomic E-state index is 0.518. The summed E-state index contributed by atoms with van der Waals surface area (Å²) in [6.07, 6.45) is 6.51. The molecular formula is C17H27NO. The van der Waals surface area contributed by atoms with Crippen LogP contribution in [-0.4, -0.2) is 18.7 Å². The third-order valence-electron chi connectivity index (χ3n) is 3.92. The lowest BCUT2D eigenvalue weighted by Crippen LogP contribution is -2.36. The molecule has 0 aromatic heterocycles. The number of ether oxygens (including phenoxy) is 1. The largest absolute Gasteiger partial charge is 0.494 e. The van der Waals surface area contributed by atoms with E-state index in [1.54, 1.807) is 0 Å². The fraction of sp³-hybridized carbons (Fsp3) is 0.647. The molecule has 0 amide bonds. The number of benzene rings is 1. The standard InChI is InChI=1S/C17H27NO/c1-4-19-17-10-9-13(2)11-15(17)12-14(3)18-16-7-5-6-8-16/h9-11,14,16,18H,4-8,12H2,1-3H3. The van der Waals surface area contributed by atoms with Crippen LogP contribution in [0.15, 0.2) is 18.2 Å². The zero-order valence-electron chi connectivity index (χ0n) is 12.5. The normalized spacial score (nSPS) is 17.6. The third kappa shape index (κ3) is 4.24. The molecule has 1 aromatic rings. The van der Waals surface area contributed by atoms with E-state index in [1.165, 1.54) is 36.8 Å². The maximum atomic E-state index is 5.74. The number of aryl methyl sites for hydroxylation is 1. The van der Waals surface area contributed by atoms with Gasteiger partial charge in [0.25, 0.3) is 0 Å². The summed E-state index contributed by atoms with van der Waals surface area (Å²) in [5.74, 6) is 1.05. The van der Waals surface area contributed by atoms with E-state index >= 15 is 0 Å². The van der Waals surface area contributed by atoms with Crippen molar-refractivity contribution >= 4 is 0 Å². The van der Waals surface area contributed by atoms with Crippen LogP contribution in [0.4, 0.5) is 0 Å². The first kappa shape index (κ1) is 14.4. The fourth-order valence-electron chi connectivity index (χ4n) is 3.05. The molecule has 1 aliphatic rings. The van der Waals surface area contributed by atoms with Crippen molar-refractivity contribution in [2.45, 2.75) is 65.0 Å². The Labute approximate surface area is 117 Å². The molecule has 0 spiro atoms. The minimum Gasteiger partial charge on any atom is -0.494 e. The van der Waals surface area contributed by atoms with Crippen LogP contribution in [0, 0.1) is 6.92 Å². The molecule has 0 saturated heterocycles. The van der Waals surface area contributed by atoms with Crippen LogP contribution in [0.1, 0.15) is 50.7 Å². The highest BCUT2D eigenvalue weighted by Crippen LogP contribution is 2.23. The highest BCUT2D eigenvalue weighted by molar-refractivity contribution is 5.37. The molecule has 1 N–H and O–H groups in total. The van der Waals surface area contributed by atoms with Crippen LogP contribution in [0.5, 0.6) is 5.75 Å². The van der Waals surface area contributed by atoms with E-state index in [-0.39, 0.29) is 0 Å². The van der Waals surface area contributed by atoms with E-state index in [0.29, 0.717) is 6.04 Å². The van der Waals surface area contributed by atoms with Crippen LogP contribution in [0.3, 0.4) is 0 Å². The van der Waals surface area contributed by atoms with Crippen LogP contribution >= 0.6 is 0 Å². The molecule has 1 saturated carbocycles. The van der Waals surface area contributed by atoms with Gasteiger partial charge in [0.1, 0.15) is 5.75 Å². The van der Waals surface area contributed by atoms with E-state index in [0.717, 1.165) is 24.8 Å². The Kier molecular flexibility index (Phi) is 5.26. The van der Waals surface area contributed by atoms with Crippen molar-refractivity contribution in [3.63, 3.8) is 0 Å². The summed E-state index contributed by atoms with van der Waals surface area (Å²) in [5, 5.41) is 3.76. The topological polar surface area (TPSA) is 21.3 Å². The molecule has 1 fully saturated rings. The SMILES string of the molecule is CCOc1ccc(C)cc1CC(C)NC1CCCC1. The summed E-state index contributed by atoms with van der Waals surface area (Å²) < 4.78 is 5.74. The van der Waals surface area contributed by atoms with Gasteiger partial charge in [-0.25, -0.2) is 0 Å². The van der Waals surface area contributed by atoms with E-state index < -0.39 is 0 Å². The summed E-state index contributed by atoms with van der Waals surface area (Å²) in [6.45, 7) is 7.22. The number of rotatable bonds is 6. The van der Waals surface area contributed by atoms with Crippen LogP contribution in [0.2, 0.25) is 0 Å². The Morgan fingerprint density at radius 2 is 2.05 bits per heavy atom. The van der Waals surface area contributed by atoms with Gasteiger partial charge >= 0.3 is 0 Å². The second-order valence-corrected chi connectivity index (χ2v) is 5.80. The summed E-state index contributed by atoms with van der Waals surface area (Å²) in [6, 6.07) is 7.75. The summed E-state index contributed by atoms with van der Waals surface area (Å²) in [7, 11) is 0. The van der Waals surface area contributed by atoms with Gasteiger partial charge in [0.2, 0.25) is 0 Å². The smallest absolute Gasteiger partial charge is 0.122 e. The summed E-state index contributed by atoms with van der Waals surface area (Å²) >= 11 is 0. The quantitative estimate of drug-likeness (QED) is 0.839. The van der Waals surface area contributed by atoms with Gasteiger partial charge in [0.15, 0.2) is 0 Å². The molecule has 2 rings (SSSR count). The minimum atomic E-state index is 0.518. The number of hydrogen-bond acceptors (Lipinski definition) is 2. The van der Waals surface area contributed by atoms with Gasteiger partial charge in [-0.05, 0) is 51.7 Å². The second kappa shape index (κ2) is 6.95. The fourth-order valence-corrected chi connectivity index (χ4v) is 3.05. The molecule has 0 bridgehead atoms. The van der Waals surface area contributed by atoms with Crippen molar-refractivity contribution < 1.29 is 4.74 Å². The van der Waals surface area contributed by atoms with Crippen molar-refractivity contribution in [1.82, 2.24) is 5.32 Å².